The van der Waals surface area contributed by atoms with Crippen molar-refractivity contribution < 1.29 is 40.6 Å². The van der Waals surface area contributed by atoms with E-state index in [1.807, 2.05) is 0 Å². The summed E-state index contributed by atoms with van der Waals surface area (Å²) >= 11 is 0. The molecule has 28 heavy (non-hydrogen) atoms. The zero-order valence-electron chi connectivity index (χ0n) is 15.0. The molecule has 1 heterocycles. The second kappa shape index (κ2) is 7.84. The molecular formula is C18H19F3O6S. The normalized spacial score (nSPS) is 21.6. The maximum atomic E-state index is 13.9. The first-order chi connectivity index (χ1) is 13.2. The molecule has 6 nitrogen and oxygen atoms in total. The molecule has 0 bridgehead atoms. The summed E-state index contributed by atoms with van der Waals surface area (Å²) in [5, 5.41) is -1.35. The molecule has 0 N–H and O–H groups in total. The van der Waals surface area contributed by atoms with E-state index in [0.29, 0.717) is 12.1 Å². The Morgan fingerprint density at radius 3 is 2.39 bits per heavy atom. The average molecular weight is 420 g/mol. The van der Waals surface area contributed by atoms with Crippen LogP contribution in [0.5, 0.6) is 0 Å². The van der Waals surface area contributed by atoms with E-state index >= 15 is 0 Å². The Morgan fingerprint density at radius 1 is 1.21 bits per heavy atom. The summed E-state index contributed by atoms with van der Waals surface area (Å²) in [6.45, 7) is 2.15. The molecule has 3 rings (SSSR count). The van der Waals surface area contributed by atoms with E-state index in [2.05, 4.69) is 0 Å². The van der Waals surface area contributed by atoms with Crippen molar-refractivity contribution in [2.75, 3.05) is 19.8 Å². The number of carbonyl (C=O) groups is 1. The maximum absolute atomic E-state index is 13.9. The van der Waals surface area contributed by atoms with Crippen molar-refractivity contribution in [3.05, 3.63) is 46.8 Å². The number of hydrogen-bond acceptors (Lipinski definition) is 6. The van der Waals surface area contributed by atoms with Crippen LogP contribution in [0.3, 0.4) is 0 Å². The number of rotatable bonds is 5. The van der Waals surface area contributed by atoms with Crippen LogP contribution in [0.25, 0.3) is 0 Å². The Morgan fingerprint density at radius 2 is 1.82 bits per heavy atom. The summed E-state index contributed by atoms with van der Waals surface area (Å²) in [4.78, 5) is 12.4. The number of carbonyl (C=O) groups excluding carboxylic acids is 1. The summed E-state index contributed by atoms with van der Waals surface area (Å²) in [7, 11) is -4.24. The van der Waals surface area contributed by atoms with Gasteiger partial charge >= 0.3 is 5.97 Å². The summed E-state index contributed by atoms with van der Waals surface area (Å²) < 4.78 is 82.7. The predicted octanol–water partition coefficient (Wildman–Crippen LogP) is 2.41. The lowest BCUT2D eigenvalue weighted by Gasteiger charge is -2.33. The molecule has 154 valence electrons. The van der Waals surface area contributed by atoms with Crippen LogP contribution in [0.1, 0.15) is 25.3 Å². The van der Waals surface area contributed by atoms with E-state index in [1.165, 1.54) is 6.08 Å². The molecule has 1 aromatic rings. The Hall–Kier alpha value is -1.91. The molecule has 0 aromatic heterocycles. The van der Waals surface area contributed by atoms with Crippen molar-refractivity contribution in [3.63, 3.8) is 0 Å². The van der Waals surface area contributed by atoms with Crippen LogP contribution in [-0.4, -0.2) is 45.2 Å². The summed E-state index contributed by atoms with van der Waals surface area (Å²) in [6, 6.07) is 0.818. The van der Waals surface area contributed by atoms with Crippen molar-refractivity contribution in [1.29, 1.82) is 0 Å². The molecule has 0 amide bonds. The molecule has 1 unspecified atom stereocenters. The van der Waals surface area contributed by atoms with Gasteiger partial charge in [0.2, 0.25) is 0 Å². The largest absolute Gasteiger partial charge is 0.463 e. The van der Waals surface area contributed by atoms with Crippen LogP contribution in [0.15, 0.2) is 23.8 Å². The van der Waals surface area contributed by atoms with Gasteiger partial charge in [-0.3, -0.25) is 0 Å². The number of hydrogen-bond donors (Lipinski definition) is 0. The second-order valence-corrected chi connectivity index (χ2v) is 8.69. The molecule has 1 saturated heterocycles. The highest BCUT2D eigenvalue weighted by molar-refractivity contribution is 7.91. The zero-order chi connectivity index (χ0) is 20.5. The fourth-order valence-corrected chi connectivity index (χ4v) is 5.29. The highest BCUT2D eigenvalue weighted by atomic mass is 32.2. The third-order valence-electron chi connectivity index (χ3n) is 4.65. The number of benzene rings is 1. The highest BCUT2D eigenvalue weighted by Gasteiger charge is 2.46. The smallest absolute Gasteiger partial charge is 0.335 e. The van der Waals surface area contributed by atoms with Crippen molar-refractivity contribution in [3.8, 4) is 0 Å². The van der Waals surface area contributed by atoms with E-state index in [0.717, 1.165) is 0 Å². The van der Waals surface area contributed by atoms with Gasteiger partial charge < -0.3 is 14.2 Å². The van der Waals surface area contributed by atoms with Crippen molar-refractivity contribution in [2.45, 2.75) is 36.6 Å². The summed E-state index contributed by atoms with van der Waals surface area (Å²) in [5.74, 6) is -6.87. The van der Waals surface area contributed by atoms with Gasteiger partial charge in [0.1, 0.15) is 17.5 Å². The third-order valence-corrected chi connectivity index (χ3v) is 6.70. The molecule has 1 atom stereocenters. The van der Waals surface area contributed by atoms with Gasteiger partial charge in [0.15, 0.2) is 15.6 Å². The molecule has 2 aliphatic rings. The van der Waals surface area contributed by atoms with Gasteiger partial charge in [-0.25, -0.2) is 26.4 Å². The Labute approximate surface area is 160 Å². The first kappa shape index (κ1) is 20.8. The predicted molar refractivity (Wildman–Crippen MR) is 91.3 cm³/mol. The number of ether oxygens (including phenoxy) is 3. The van der Waals surface area contributed by atoms with Gasteiger partial charge in [-0.1, -0.05) is 0 Å². The lowest BCUT2D eigenvalue weighted by molar-refractivity contribution is -0.143. The minimum absolute atomic E-state index is 0.0128. The standard InChI is InChI=1S/C18H19F3O6S/c1-2-25-17(22)12-9-18(26-5-6-27-18)4-3-16(12)28(23,24)10-13-14(20)7-11(19)8-15(13)21/h7-9,16H,2-6,10H2,1H3. The lowest BCUT2D eigenvalue weighted by atomic mass is 9.94. The molecular weight excluding hydrogens is 401 g/mol. The van der Waals surface area contributed by atoms with Crippen LogP contribution < -0.4 is 0 Å². The number of esters is 1. The quantitative estimate of drug-likeness (QED) is 0.681. The van der Waals surface area contributed by atoms with Crippen LogP contribution in [-0.2, 0) is 34.6 Å². The van der Waals surface area contributed by atoms with Gasteiger partial charge in [-0.2, -0.15) is 0 Å². The van der Waals surface area contributed by atoms with Gasteiger partial charge in [0, 0.05) is 24.1 Å². The maximum Gasteiger partial charge on any atom is 0.335 e. The third kappa shape index (κ3) is 4.08. The minimum atomic E-state index is -4.24. The summed E-state index contributed by atoms with van der Waals surface area (Å²) in [5.41, 5.74) is -0.976. The SMILES string of the molecule is CCOC(=O)C1=CC2(CCC1S(=O)(=O)Cc1c(F)cc(F)cc1F)OCCO2. The fraction of sp³-hybridized carbons (Fsp3) is 0.500. The molecule has 1 aliphatic heterocycles. The average Bonchev–Trinajstić information content (AvgIpc) is 3.06. The van der Waals surface area contributed by atoms with Crippen LogP contribution in [0, 0.1) is 17.5 Å². The summed E-state index contributed by atoms with van der Waals surface area (Å²) in [6.07, 6.45) is 1.37. The minimum Gasteiger partial charge on any atom is -0.463 e. The number of sulfone groups is 1. The van der Waals surface area contributed by atoms with E-state index < -0.39 is 55.6 Å². The van der Waals surface area contributed by atoms with Crippen LogP contribution in [0.4, 0.5) is 13.2 Å². The van der Waals surface area contributed by atoms with Gasteiger partial charge in [-0.05, 0) is 19.4 Å². The zero-order valence-corrected chi connectivity index (χ0v) is 15.9. The van der Waals surface area contributed by atoms with E-state index in [1.54, 1.807) is 6.92 Å². The lowest BCUT2D eigenvalue weighted by Crippen LogP contribution is -2.41. The number of halogens is 3. The highest BCUT2D eigenvalue weighted by Crippen LogP contribution is 2.38. The van der Waals surface area contributed by atoms with Crippen molar-refractivity contribution in [2.24, 2.45) is 0 Å². The first-order valence-corrected chi connectivity index (χ1v) is 10.4. The van der Waals surface area contributed by atoms with E-state index in [4.69, 9.17) is 14.2 Å². The van der Waals surface area contributed by atoms with Gasteiger partial charge in [-0.15, -0.1) is 0 Å². The second-order valence-electron chi connectivity index (χ2n) is 6.51. The topological polar surface area (TPSA) is 78.9 Å². The molecule has 1 aromatic carbocycles. The molecule has 0 radical (unpaired) electrons. The van der Waals surface area contributed by atoms with Crippen LogP contribution >= 0.6 is 0 Å². The molecule has 10 heteroatoms. The van der Waals surface area contributed by atoms with Crippen molar-refractivity contribution >= 4 is 15.8 Å². The van der Waals surface area contributed by atoms with Crippen molar-refractivity contribution in [1.82, 2.24) is 0 Å². The Balaban J connectivity index is 1.96. The molecule has 1 spiro atoms. The Kier molecular flexibility index (Phi) is 5.83. The van der Waals surface area contributed by atoms with E-state index in [-0.39, 0.29) is 38.2 Å². The first-order valence-electron chi connectivity index (χ1n) is 8.70. The monoisotopic (exact) mass is 420 g/mol. The van der Waals surface area contributed by atoms with Gasteiger partial charge in [0.25, 0.3) is 0 Å². The molecule has 0 saturated carbocycles. The van der Waals surface area contributed by atoms with E-state index in [9.17, 15) is 26.4 Å². The molecule has 1 fully saturated rings. The fourth-order valence-electron chi connectivity index (χ4n) is 3.38. The Bertz CT molecular complexity index is 883. The molecule has 1 aliphatic carbocycles. The van der Waals surface area contributed by atoms with Crippen LogP contribution in [0.2, 0.25) is 0 Å². The van der Waals surface area contributed by atoms with Gasteiger partial charge in [0.05, 0.1) is 36.4 Å².